The molecule has 2 N–H and O–H groups in total. The number of H-pyrrole nitrogens is 1. The molecule has 0 saturated carbocycles. The average molecular weight is 303 g/mol. The maximum absolute atomic E-state index is 13.8. The van der Waals surface area contributed by atoms with Crippen molar-refractivity contribution in [1.82, 2.24) is 25.9 Å². The molecule has 21 heavy (non-hydrogen) atoms. The smallest absolute Gasteiger partial charge is 0.342 e. The van der Waals surface area contributed by atoms with Crippen LogP contribution in [0.4, 0.5) is 17.6 Å². The standard InChI is InChI=1S/C11H9F4N5O/c1-5(9-17-19-20-18-9)16-10(21)6-3-2-4-7(8(6)12)11(13,14)15/h2-5H,1H3,(H,16,21)(H,17,18,19,20). The third-order valence-corrected chi connectivity index (χ3v) is 2.65. The summed E-state index contributed by atoms with van der Waals surface area (Å²) in [6.45, 7) is 1.48. The molecule has 0 aliphatic heterocycles. The molecule has 6 nitrogen and oxygen atoms in total. The molecule has 0 fully saturated rings. The summed E-state index contributed by atoms with van der Waals surface area (Å²) in [7, 11) is 0. The molecule has 0 spiro atoms. The minimum Gasteiger partial charge on any atom is -0.342 e. The monoisotopic (exact) mass is 303 g/mol. The zero-order chi connectivity index (χ0) is 15.6. The van der Waals surface area contributed by atoms with Crippen molar-refractivity contribution in [2.75, 3.05) is 0 Å². The van der Waals surface area contributed by atoms with E-state index in [1.807, 2.05) is 0 Å². The number of carbonyl (C=O) groups is 1. The Morgan fingerprint density at radius 1 is 1.38 bits per heavy atom. The van der Waals surface area contributed by atoms with Crippen LogP contribution in [-0.4, -0.2) is 26.5 Å². The normalized spacial score (nSPS) is 13.0. The van der Waals surface area contributed by atoms with Crippen LogP contribution in [0.5, 0.6) is 0 Å². The van der Waals surface area contributed by atoms with Gasteiger partial charge in [0.15, 0.2) is 5.82 Å². The fraction of sp³-hybridized carbons (Fsp3) is 0.273. The Bertz CT molecular complexity index is 641. The van der Waals surface area contributed by atoms with Crippen molar-refractivity contribution < 1.29 is 22.4 Å². The maximum Gasteiger partial charge on any atom is 0.419 e. The Morgan fingerprint density at radius 2 is 2.10 bits per heavy atom. The zero-order valence-electron chi connectivity index (χ0n) is 10.6. The molecule has 10 heteroatoms. The van der Waals surface area contributed by atoms with Gasteiger partial charge in [0.1, 0.15) is 5.82 Å². The number of nitrogens with one attached hydrogen (secondary N) is 2. The third kappa shape index (κ3) is 3.15. The van der Waals surface area contributed by atoms with Crippen molar-refractivity contribution in [3.63, 3.8) is 0 Å². The minimum absolute atomic E-state index is 0.121. The van der Waals surface area contributed by atoms with E-state index in [0.717, 1.165) is 12.1 Å². The summed E-state index contributed by atoms with van der Waals surface area (Å²) in [5, 5.41) is 14.9. The van der Waals surface area contributed by atoms with Crippen LogP contribution in [0.15, 0.2) is 18.2 Å². The van der Waals surface area contributed by atoms with E-state index in [-0.39, 0.29) is 5.82 Å². The van der Waals surface area contributed by atoms with Gasteiger partial charge in [-0.3, -0.25) is 4.79 Å². The van der Waals surface area contributed by atoms with Crippen molar-refractivity contribution in [1.29, 1.82) is 0 Å². The fourth-order valence-electron chi connectivity index (χ4n) is 1.62. The first-order valence-corrected chi connectivity index (χ1v) is 5.70. The van der Waals surface area contributed by atoms with E-state index >= 15 is 0 Å². The average Bonchev–Trinajstić information content (AvgIpc) is 2.91. The highest BCUT2D eigenvalue weighted by Crippen LogP contribution is 2.32. The van der Waals surface area contributed by atoms with Crippen molar-refractivity contribution in [2.24, 2.45) is 0 Å². The number of tetrazole rings is 1. The Balaban J connectivity index is 2.24. The number of hydrogen-bond acceptors (Lipinski definition) is 4. The summed E-state index contributed by atoms with van der Waals surface area (Å²) >= 11 is 0. The van der Waals surface area contributed by atoms with Gasteiger partial charge < -0.3 is 5.32 Å². The van der Waals surface area contributed by atoms with Gasteiger partial charge in [0.2, 0.25) is 0 Å². The molecule has 112 valence electrons. The van der Waals surface area contributed by atoms with Gasteiger partial charge in [-0.25, -0.2) is 4.39 Å². The molecule has 0 saturated heterocycles. The molecule has 2 aromatic rings. The summed E-state index contributed by atoms with van der Waals surface area (Å²) in [6, 6.07) is 1.74. The lowest BCUT2D eigenvalue weighted by molar-refractivity contribution is -0.140. The van der Waals surface area contributed by atoms with Gasteiger partial charge in [-0.05, 0) is 19.1 Å². The third-order valence-electron chi connectivity index (χ3n) is 2.65. The number of halogens is 4. The minimum atomic E-state index is -4.88. The molecule has 0 aliphatic rings. The van der Waals surface area contributed by atoms with E-state index in [1.54, 1.807) is 0 Å². The lowest BCUT2D eigenvalue weighted by Gasteiger charge is -2.13. The molecule has 1 aromatic heterocycles. The second-order valence-electron chi connectivity index (χ2n) is 4.13. The van der Waals surface area contributed by atoms with Gasteiger partial charge in [-0.1, -0.05) is 11.3 Å². The molecule has 1 atom stereocenters. The van der Waals surface area contributed by atoms with Crippen LogP contribution in [0.1, 0.15) is 34.7 Å². The number of carbonyl (C=O) groups excluding carboxylic acids is 1. The number of nitrogens with zero attached hydrogens (tertiary/aromatic N) is 3. The van der Waals surface area contributed by atoms with Crippen LogP contribution in [0, 0.1) is 5.82 Å². The second-order valence-corrected chi connectivity index (χ2v) is 4.13. The number of amides is 1. The summed E-state index contributed by atoms with van der Waals surface area (Å²) in [5.41, 5.74) is -2.21. The number of alkyl halides is 3. The molecular formula is C11H9F4N5O. The van der Waals surface area contributed by atoms with E-state index in [0.29, 0.717) is 6.07 Å². The first-order chi connectivity index (χ1) is 9.80. The molecular weight excluding hydrogens is 294 g/mol. The second kappa shape index (κ2) is 5.46. The molecule has 1 aromatic carbocycles. The van der Waals surface area contributed by atoms with E-state index in [9.17, 15) is 22.4 Å². The first kappa shape index (κ1) is 14.9. The number of aromatic amines is 1. The Labute approximate surface area is 115 Å². The van der Waals surface area contributed by atoms with E-state index in [4.69, 9.17) is 0 Å². The molecule has 0 radical (unpaired) electrons. The Hall–Kier alpha value is -2.52. The molecule has 1 unspecified atom stereocenters. The first-order valence-electron chi connectivity index (χ1n) is 5.70. The number of aromatic nitrogens is 4. The molecule has 0 bridgehead atoms. The van der Waals surface area contributed by atoms with Crippen LogP contribution in [0.3, 0.4) is 0 Å². The quantitative estimate of drug-likeness (QED) is 0.848. The van der Waals surface area contributed by atoms with E-state index < -0.39 is 35.1 Å². The summed E-state index contributed by atoms with van der Waals surface area (Å²) in [5.74, 6) is -2.51. The lowest BCUT2D eigenvalue weighted by atomic mass is 10.1. The van der Waals surface area contributed by atoms with Gasteiger partial charge in [-0.15, -0.1) is 10.2 Å². The van der Waals surface area contributed by atoms with Crippen LogP contribution >= 0.6 is 0 Å². The van der Waals surface area contributed by atoms with Gasteiger partial charge >= 0.3 is 6.18 Å². The van der Waals surface area contributed by atoms with Crippen molar-refractivity contribution in [2.45, 2.75) is 19.1 Å². The summed E-state index contributed by atoms with van der Waals surface area (Å²) < 4.78 is 51.5. The van der Waals surface area contributed by atoms with Gasteiger partial charge in [0.05, 0.1) is 17.2 Å². The topological polar surface area (TPSA) is 83.6 Å². The van der Waals surface area contributed by atoms with E-state index in [2.05, 4.69) is 25.9 Å². The highest BCUT2D eigenvalue weighted by molar-refractivity contribution is 5.94. The molecule has 2 rings (SSSR count). The van der Waals surface area contributed by atoms with E-state index in [1.165, 1.54) is 6.92 Å². The Morgan fingerprint density at radius 3 is 2.67 bits per heavy atom. The highest BCUT2D eigenvalue weighted by atomic mass is 19.4. The van der Waals surface area contributed by atoms with Crippen molar-refractivity contribution in [3.8, 4) is 0 Å². The summed E-state index contributed by atoms with van der Waals surface area (Å²) in [4.78, 5) is 11.8. The fourth-order valence-corrected chi connectivity index (χ4v) is 1.62. The van der Waals surface area contributed by atoms with Crippen LogP contribution in [0.25, 0.3) is 0 Å². The lowest BCUT2D eigenvalue weighted by Crippen LogP contribution is -2.29. The number of rotatable bonds is 3. The van der Waals surface area contributed by atoms with Gasteiger partial charge in [0, 0.05) is 0 Å². The number of hydrogen-bond donors (Lipinski definition) is 2. The predicted octanol–water partition coefficient (Wildman–Crippen LogP) is 1.85. The van der Waals surface area contributed by atoms with Gasteiger partial charge in [0.25, 0.3) is 5.91 Å². The predicted molar refractivity (Wildman–Crippen MR) is 61.5 cm³/mol. The van der Waals surface area contributed by atoms with Crippen LogP contribution < -0.4 is 5.32 Å². The molecule has 0 aliphatic carbocycles. The Kier molecular flexibility index (Phi) is 3.87. The van der Waals surface area contributed by atoms with Crippen molar-refractivity contribution >= 4 is 5.91 Å². The highest BCUT2D eigenvalue weighted by Gasteiger charge is 2.35. The number of benzene rings is 1. The van der Waals surface area contributed by atoms with Crippen LogP contribution in [-0.2, 0) is 6.18 Å². The SMILES string of the molecule is CC(NC(=O)c1cccc(C(F)(F)F)c1F)c1nn[nH]n1. The largest absolute Gasteiger partial charge is 0.419 e. The zero-order valence-corrected chi connectivity index (χ0v) is 10.6. The molecule has 1 amide bonds. The maximum atomic E-state index is 13.8. The summed E-state index contributed by atoms with van der Waals surface area (Å²) in [6.07, 6.45) is -4.88. The van der Waals surface area contributed by atoms with Gasteiger partial charge in [-0.2, -0.15) is 18.4 Å². The van der Waals surface area contributed by atoms with Crippen molar-refractivity contribution in [3.05, 3.63) is 41.0 Å². The molecule has 1 heterocycles. The van der Waals surface area contributed by atoms with Crippen LogP contribution in [0.2, 0.25) is 0 Å².